The van der Waals surface area contributed by atoms with Crippen LogP contribution in [0.5, 0.6) is 5.75 Å². The van der Waals surface area contributed by atoms with E-state index in [1.54, 1.807) is 12.1 Å². The standard InChI is InChI=1S/C22H24F2N4OS/c1-13-9-10-19(29-21(23)24)18(11-13)25-22(30)26-20-15(3)27-28(16(20)4)12-17-8-6-5-7-14(17)2/h5-11,21H,12H2,1-4H3,(H2,25,26,30). The maximum Gasteiger partial charge on any atom is 0.387 e. The summed E-state index contributed by atoms with van der Waals surface area (Å²) in [5, 5.41) is 11.0. The Labute approximate surface area is 180 Å². The molecule has 0 aliphatic carbocycles. The molecular weight excluding hydrogens is 406 g/mol. The molecule has 0 aliphatic rings. The second kappa shape index (κ2) is 9.21. The number of ether oxygens (including phenoxy) is 1. The van der Waals surface area contributed by atoms with Gasteiger partial charge in [-0.1, -0.05) is 30.3 Å². The van der Waals surface area contributed by atoms with Crippen molar-refractivity contribution in [2.24, 2.45) is 0 Å². The first kappa shape index (κ1) is 21.7. The Morgan fingerprint density at radius 1 is 1.10 bits per heavy atom. The molecule has 5 nitrogen and oxygen atoms in total. The van der Waals surface area contributed by atoms with E-state index < -0.39 is 6.61 Å². The molecule has 2 N–H and O–H groups in total. The SMILES string of the molecule is Cc1ccc(OC(F)F)c(NC(=S)Nc2c(C)nn(Cc3ccccc3C)c2C)c1. The van der Waals surface area contributed by atoms with Gasteiger partial charge in [-0.15, -0.1) is 0 Å². The highest BCUT2D eigenvalue weighted by Crippen LogP contribution is 2.28. The van der Waals surface area contributed by atoms with Crippen LogP contribution in [0.4, 0.5) is 20.2 Å². The van der Waals surface area contributed by atoms with E-state index in [-0.39, 0.29) is 10.9 Å². The van der Waals surface area contributed by atoms with Gasteiger partial charge in [0.15, 0.2) is 5.11 Å². The molecule has 3 rings (SSSR count). The summed E-state index contributed by atoms with van der Waals surface area (Å²) in [6, 6.07) is 13.1. The topological polar surface area (TPSA) is 51.1 Å². The van der Waals surface area contributed by atoms with Crippen LogP contribution in [0.3, 0.4) is 0 Å². The number of anilines is 2. The molecule has 0 fully saturated rings. The molecule has 158 valence electrons. The molecule has 0 saturated heterocycles. The molecule has 0 saturated carbocycles. The van der Waals surface area contributed by atoms with Crippen LogP contribution in [0.15, 0.2) is 42.5 Å². The number of benzene rings is 2. The lowest BCUT2D eigenvalue weighted by Gasteiger charge is -2.15. The Morgan fingerprint density at radius 3 is 2.53 bits per heavy atom. The lowest BCUT2D eigenvalue weighted by molar-refractivity contribution is -0.0493. The lowest BCUT2D eigenvalue weighted by atomic mass is 10.1. The summed E-state index contributed by atoms with van der Waals surface area (Å²) in [6.45, 7) is 5.51. The van der Waals surface area contributed by atoms with Gasteiger partial charge in [0.25, 0.3) is 0 Å². The fourth-order valence-corrected chi connectivity index (χ4v) is 3.40. The van der Waals surface area contributed by atoms with Gasteiger partial charge in [-0.3, -0.25) is 4.68 Å². The molecule has 3 aromatic rings. The Balaban J connectivity index is 1.77. The minimum atomic E-state index is -2.92. The summed E-state index contributed by atoms with van der Waals surface area (Å²) < 4.78 is 31.9. The van der Waals surface area contributed by atoms with Crippen molar-refractivity contribution in [3.05, 3.63) is 70.5 Å². The van der Waals surface area contributed by atoms with Crippen LogP contribution in [0.25, 0.3) is 0 Å². The van der Waals surface area contributed by atoms with E-state index in [4.69, 9.17) is 12.2 Å². The van der Waals surface area contributed by atoms with E-state index in [2.05, 4.69) is 39.5 Å². The zero-order chi connectivity index (χ0) is 21.8. The molecule has 0 bridgehead atoms. The monoisotopic (exact) mass is 430 g/mol. The number of hydrogen-bond acceptors (Lipinski definition) is 3. The summed E-state index contributed by atoms with van der Waals surface area (Å²) >= 11 is 5.41. The largest absolute Gasteiger partial charge is 0.433 e. The number of rotatable bonds is 6. The van der Waals surface area contributed by atoms with Crippen LogP contribution in [0, 0.1) is 27.7 Å². The van der Waals surface area contributed by atoms with Crippen molar-refractivity contribution in [2.75, 3.05) is 10.6 Å². The third-order valence-electron chi connectivity index (χ3n) is 4.80. The van der Waals surface area contributed by atoms with E-state index in [0.29, 0.717) is 12.2 Å². The van der Waals surface area contributed by atoms with Gasteiger partial charge in [-0.25, -0.2) is 0 Å². The average molecular weight is 431 g/mol. The van der Waals surface area contributed by atoms with E-state index in [1.807, 2.05) is 37.6 Å². The second-order valence-electron chi connectivity index (χ2n) is 7.09. The number of thiocarbonyl (C=S) groups is 1. The van der Waals surface area contributed by atoms with E-state index in [1.165, 1.54) is 17.2 Å². The van der Waals surface area contributed by atoms with E-state index in [0.717, 1.165) is 22.6 Å². The maximum absolute atomic E-state index is 12.7. The first-order valence-corrected chi connectivity index (χ1v) is 9.87. The molecule has 0 radical (unpaired) electrons. The van der Waals surface area contributed by atoms with Crippen molar-refractivity contribution in [1.82, 2.24) is 9.78 Å². The molecule has 0 unspecified atom stereocenters. The zero-order valence-corrected chi connectivity index (χ0v) is 18.1. The van der Waals surface area contributed by atoms with Gasteiger partial charge in [0.1, 0.15) is 5.75 Å². The van der Waals surface area contributed by atoms with Crippen molar-refractivity contribution in [3.8, 4) is 5.75 Å². The molecule has 1 heterocycles. The molecule has 1 aromatic heterocycles. The van der Waals surface area contributed by atoms with E-state index in [9.17, 15) is 8.78 Å². The third kappa shape index (κ3) is 5.13. The highest BCUT2D eigenvalue weighted by Gasteiger charge is 2.15. The number of nitrogens with one attached hydrogen (secondary N) is 2. The second-order valence-corrected chi connectivity index (χ2v) is 7.50. The molecule has 0 spiro atoms. The third-order valence-corrected chi connectivity index (χ3v) is 5.00. The molecule has 30 heavy (non-hydrogen) atoms. The number of aryl methyl sites for hydroxylation is 3. The van der Waals surface area contributed by atoms with Gasteiger partial charge < -0.3 is 15.4 Å². The average Bonchev–Trinajstić information content (AvgIpc) is 2.93. The van der Waals surface area contributed by atoms with Crippen LogP contribution in [-0.4, -0.2) is 21.5 Å². The highest BCUT2D eigenvalue weighted by atomic mass is 32.1. The molecule has 0 atom stereocenters. The molecule has 0 amide bonds. The predicted octanol–water partition coefficient (Wildman–Crippen LogP) is 5.58. The predicted molar refractivity (Wildman–Crippen MR) is 120 cm³/mol. The van der Waals surface area contributed by atoms with Crippen molar-refractivity contribution >= 4 is 28.7 Å². The maximum atomic E-state index is 12.7. The van der Waals surface area contributed by atoms with Crippen LogP contribution in [0.1, 0.15) is 28.1 Å². The molecule has 0 aliphatic heterocycles. The van der Waals surface area contributed by atoms with E-state index >= 15 is 0 Å². The normalized spacial score (nSPS) is 10.9. The number of nitrogens with zero attached hydrogens (tertiary/aromatic N) is 2. The van der Waals surface area contributed by atoms with Crippen molar-refractivity contribution < 1.29 is 13.5 Å². The highest BCUT2D eigenvalue weighted by molar-refractivity contribution is 7.80. The summed E-state index contributed by atoms with van der Waals surface area (Å²) in [5.41, 5.74) is 6.14. The Hall–Kier alpha value is -3.00. The number of halogens is 2. The van der Waals surface area contributed by atoms with Crippen molar-refractivity contribution in [1.29, 1.82) is 0 Å². The molecule has 8 heteroatoms. The number of alkyl halides is 2. The van der Waals surface area contributed by atoms with Crippen LogP contribution < -0.4 is 15.4 Å². The van der Waals surface area contributed by atoms with Crippen molar-refractivity contribution in [3.63, 3.8) is 0 Å². The van der Waals surface area contributed by atoms with Gasteiger partial charge in [-0.05, 0) is 68.7 Å². The minimum absolute atomic E-state index is 0.0310. The van der Waals surface area contributed by atoms with Crippen LogP contribution in [-0.2, 0) is 6.54 Å². The van der Waals surface area contributed by atoms with Gasteiger partial charge in [-0.2, -0.15) is 13.9 Å². The lowest BCUT2D eigenvalue weighted by Crippen LogP contribution is -2.21. The Kier molecular flexibility index (Phi) is 6.66. The summed E-state index contributed by atoms with van der Waals surface area (Å²) in [5.74, 6) is 0.0310. The minimum Gasteiger partial charge on any atom is -0.433 e. The zero-order valence-electron chi connectivity index (χ0n) is 17.3. The van der Waals surface area contributed by atoms with Crippen LogP contribution in [0.2, 0.25) is 0 Å². The van der Waals surface area contributed by atoms with Gasteiger partial charge in [0.05, 0.1) is 29.3 Å². The molecule has 2 aromatic carbocycles. The number of hydrogen-bond donors (Lipinski definition) is 2. The first-order chi connectivity index (χ1) is 14.2. The number of aromatic nitrogens is 2. The summed E-state index contributed by atoms with van der Waals surface area (Å²) in [7, 11) is 0. The Morgan fingerprint density at radius 2 is 1.83 bits per heavy atom. The summed E-state index contributed by atoms with van der Waals surface area (Å²) in [6.07, 6.45) is 0. The van der Waals surface area contributed by atoms with Crippen molar-refractivity contribution in [2.45, 2.75) is 40.9 Å². The van der Waals surface area contributed by atoms with Gasteiger partial charge in [0.2, 0.25) is 0 Å². The fraction of sp³-hybridized carbons (Fsp3) is 0.273. The quantitative estimate of drug-likeness (QED) is 0.501. The molecular formula is C22H24F2N4OS. The summed E-state index contributed by atoms with van der Waals surface area (Å²) in [4.78, 5) is 0. The van der Waals surface area contributed by atoms with Gasteiger partial charge in [0, 0.05) is 0 Å². The first-order valence-electron chi connectivity index (χ1n) is 9.46. The smallest absolute Gasteiger partial charge is 0.387 e. The van der Waals surface area contributed by atoms with Gasteiger partial charge >= 0.3 is 6.61 Å². The fourth-order valence-electron chi connectivity index (χ4n) is 3.19. The Bertz CT molecular complexity index is 1070. The van der Waals surface area contributed by atoms with Crippen LogP contribution >= 0.6 is 12.2 Å².